The van der Waals surface area contributed by atoms with E-state index in [0.29, 0.717) is 11.6 Å². The minimum Gasteiger partial charge on any atom is -0.434 e. The summed E-state index contributed by atoms with van der Waals surface area (Å²) in [6.07, 6.45) is 0. The van der Waals surface area contributed by atoms with Gasteiger partial charge in [-0.05, 0) is 27.6 Å². The van der Waals surface area contributed by atoms with Crippen LogP contribution < -0.4 is 4.74 Å². The molecule has 1 aromatic carbocycles. The van der Waals surface area contributed by atoms with Crippen LogP contribution in [0.2, 0.25) is 0 Å². The second-order valence-electron chi connectivity index (χ2n) is 4.01. The molecule has 0 bridgehead atoms. The lowest BCUT2D eigenvalue weighted by atomic mass is 10.2. The van der Waals surface area contributed by atoms with Crippen LogP contribution in [0, 0.1) is 17.0 Å². The standard InChI is InChI=1S/C12H13N3O4/c1-8-13-11(15(17)18)12(14(8)2)19-10-5-3-9(7-16)4-6-10/h3-6,16H,7H2,1-2H3. The van der Waals surface area contributed by atoms with Crippen LogP contribution in [0.5, 0.6) is 11.6 Å². The molecule has 0 aliphatic heterocycles. The van der Waals surface area contributed by atoms with Crippen molar-refractivity contribution in [3.63, 3.8) is 0 Å². The number of nitro groups is 1. The number of ether oxygens (including phenoxy) is 1. The SMILES string of the molecule is Cc1nc([N+](=O)[O-])c(Oc2ccc(CO)cc2)n1C. The predicted octanol–water partition coefficient (Wildman–Crippen LogP) is 1.92. The molecule has 0 spiro atoms. The highest BCUT2D eigenvalue weighted by Gasteiger charge is 2.25. The zero-order chi connectivity index (χ0) is 14.0. The van der Waals surface area contributed by atoms with Gasteiger partial charge in [-0.25, -0.2) is 0 Å². The first kappa shape index (κ1) is 13.0. The van der Waals surface area contributed by atoms with Crippen molar-refractivity contribution in [1.82, 2.24) is 9.55 Å². The van der Waals surface area contributed by atoms with Crippen LogP contribution in [-0.2, 0) is 13.7 Å². The summed E-state index contributed by atoms with van der Waals surface area (Å²) in [7, 11) is 1.65. The Labute approximate surface area is 109 Å². The molecule has 0 saturated carbocycles. The van der Waals surface area contributed by atoms with Crippen LogP contribution in [0.15, 0.2) is 24.3 Å². The summed E-state index contributed by atoms with van der Waals surface area (Å²) in [4.78, 5) is 14.2. The van der Waals surface area contributed by atoms with E-state index in [4.69, 9.17) is 9.84 Å². The Hall–Kier alpha value is -2.41. The number of hydrogen-bond acceptors (Lipinski definition) is 5. The van der Waals surface area contributed by atoms with Gasteiger partial charge in [0, 0.05) is 14.0 Å². The Morgan fingerprint density at radius 3 is 2.58 bits per heavy atom. The van der Waals surface area contributed by atoms with Crippen LogP contribution in [-0.4, -0.2) is 19.6 Å². The monoisotopic (exact) mass is 263 g/mol. The molecule has 100 valence electrons. The van der Waals surface area contributed by atoms with Crippen molar-refractivity contribution < 1.29 is 14.8 Å². The lowest BCUT2D eigenvalue weighted by molar-refractivity contribution is -0.390. The molecule has 0 fully saturated rings. The van der Waals surface area contributed by atoms with Gasteiger partial charge in [0.05, 0.1) is 6.61 Å². The van der Waals surface area contributed by atoms with Crippen molar-refractivity contribution in [2.45, 2.75) is 13.5 Å². The quantitative estimate of drug-likeness (QED) is 0.672. The number of aromatic nitrogens is 2. The third-order valence-corrected chi connectivity index (χ3v) is 2.74. The summed E-state index contributed by atoms with van der Waals surface area (Å²) in [6.45, 7) is 1.60. The number of nitrogens with zero attached hydrogens (tertiary/aromatic N) is 3. The average molecular weight is 263 g/mol. The molecule has 19 heavy (non-hydrogen) atoms. The molecule has 0 aliphatic carbocycles. The fraction of sp³-hybridized carbons (Fsp3) is 0.250. The van der Waals surface area contributed by atoms with Crippen molar-refractivity contribution in [3.05, 3.63) is 45.8 Å². The molecule has 0 aliphatic rings. The van der Waals surface area contributed by atoms with E-state index in [2.05, 4.69) is 4.98 Å². The molecular formula is C12H13N3O4. The third-order valence-electron chi connectivity index (χ3n) is 2.74. The number of benzene rings is 1. The van der Waals surface area contributed by atoms with Gasteiger partial charge in [0.25, 0.3) is 0 Å². The van der Waals surface area contributed by atoms with Gasteiger partial charge in [0.1, 0.15) is 5.75 Å². The summed E-state index contributed by atoms with van der Waals surface area (Å²) >= 11 is 0. The Bertz CT molecular complexity index is 604. The molecule has 0 radical (unpaired) electrons. The summed E-state index contributed by atoms with van der Waals surface area (Å²) in [6, 6.07) is 6.64. The highest BCUT2D eigenvalue weighted by molar-refractivity contribution is 5.40. The van der Waals surface area contributed by atoms with Gasteiger partial charge < -0.3 is 20.0 Å². The Morgan fingerprint density at radius 1 is 1.42 bits per heavy atom. The third kappa shape index (κ3) is 2.55. The normalized spacial score (nSPS) is 10.5. The van der Waals surface area contributed by atoms with E-state index in [-0.39, 0.29) is 18.3 Å². The Balaban J connectivity index is 2.34. The maximum atomic E-state index is 10.9. The number of aliphatic hydroxyl groups is 1. The number of aliphatic hydroxyl groups excluding tert-OH is 1. The van der Waals surface area contributed by atoms with Crippen molar-refractivity contribution in [2.24, 2.45) is 7.05 Å². The predicted molar refractivity (Wildman–Crippen MR) is 67.0 cm³/mol. The van der Waals surface area contributed by atoms with E-state index >= 15 is 0 Å². The number of imidazole rings is 1. The van der Waals surface area contributed by atoms with Crippen LogP contribution in [0.3, 0.4) is 0 Å². The van der Waals surface area contributed by atoms with Crippen LogP contribution in [0.1, 0.15) is 11.4 Å². The molecule has 7 nitrogen and oxygen atoms in total. The van der Waals surface area contributed by atoms with Gasteiger partial charge in [0.15, 0.2) is 0 Å². The van der Waals surface area contributed by atoms with E-state index in [1.807, 2.05) is 0 Å². The van der Waals surface area contributed by atoms with Gasteiger partial charge in [-0.3, -0.25) is 4.57 Å². The molecule has 2 aromatic rings. The molecule has 0 unspecified atom stereocenters. The maximum Gasteiger partial charge on any atom is 0.427 e. The molecule has 1 aromatic heterocycles. The lowest BCUT2D eigenvalue weighted by Gasteiger charge is -2.06. The van der Waals surface area contributed by atoms with Crippen LogP contribution in [0.25, 0.3) is 0 Å². The smallest absolute Gasteiger partial charge is 0.427 e. The highest BCUT2D eigenvalue weighted by atomic mass is 16.6. The van der Waals surface area contributed by atoms with E-state index in [0.717, 1.165) is 5.56 Å². The molecule has 2 rings (SSSR count). The van der Waals surface area contributed by atoms with Crippen molar-refractivity contribution in [1.29, 1.82) is 0 Å². The zero-order valence-electron chi connectivity index (χ0n) is 10.5. The minimum atomic E-state index is -0.579. The lowest BCUT2D eigenvalue weighted by Crippen LogP contribution is -1.97. The van der Waals surface area contributed by atoms with Crippen molar-refractivity contribution in [2.75, 3.05) is 0 Å². The molecular weight excluding hydrogens is 250 g/mol. The number of rotatable bonds is 4. The van der Waals surface area contributed by atoms with E-state index < -0.39 is 4.92 Å². The van der Waals surface area contributed by atoms with Gasteiger partial charge in [-0.1, -0.05) is 12.1 Å². The maximum absolute atomic E-state index is 10.9. The van der Waals surface area contributed by atoms with Gasteiger partial charge in [-0.15, -0.1) is 0 Å². The Kier molecular flexibility index (Phi) is 3.48. The van der Waals surface area contributed by atoms with Gasteiger partial charge >= 0.3 is 11.7 Å². The fourth-order valence-electron chi connectivity index (χ4n) is 1.58. The summed E-state index contributed by atoms with van der Waals surface area (Å²) < 4.78 is 7.01. The summed E-state index contributed by atoms with van der Waals surface area (Å²) in [5, 5.41) is 19.8. The largest absolute Gasteiger partial charge is 0.434 e. The molecule has 1 heterocycles. The second kappa shape index (κ2) is 5.07. The summed E-state index contributed by atoms with van der Waals surface area (Å²) in [5.41, 5.74) is 0.739. The van der Waals surface area contributed by atoms with Gasteiger partial charge in [0.2, 0.25) is 5.82 Å². The van der Waals surface area contributed by atoms with Crippen molar-refractivity contribution in [3.8, 4) is 11.6 Å². The van der Waals surface area contributed by atoms with Crippen LogP contribution in [0.4, 0.5) is 5.82 Å². The average Bonchev–Trinajstić information content (AvgIpc) is 2.68. The van der Waals surface area contributed by atoms with Crippen LogP contribution >= 0.6 is 0 Å². The Morgan fingerprint density at radius 2 is 2.05 bits per heavy atom. The number of hydrogen-bond donors (Lipinski definition) is 1. The first-order valence-corrected chi connectivity index (χ1v) is 5.58. The highest BCUT2D eigenvalue weighted by Crippen LogP contribution is 2.31. The molecule has 1 N–H and O–H groups in total. The first-order chi connectivity index (χ1) is 9.02. The zero-order valence-corrected chi connectivity index (χ0v) is 10.5. The minimum absolute atomic E-state index is 0.0642. The molecule has 0 saturated heterocycles. The second-order valence-corrected chi connectivity index (χ2v) is 4.01. The fourth-order valence-corrected chi connectivity index (χ4v) is 1.58. The number of aryl methyl sites for hydroxylation is 1. The van der Waals surface area contributed by atoms with Gasteiger partial charge in [-0.2, -0.15) is 0 Å². The van der Waals surface area contributed by atoms with E-state index in [9.17, 15) is 10.1 Å². The molecule has 0 atom stereocenters. The van der Waals surface area contributed by atoms with E-state index in [1.165, 1.54) is 4.57 Å². The first-order valence-electron chi connectivity index (χ1n) is 5.58. The van der Waals surface area contributed by atoms with Crippen molar-refractivity contribution >= 4 is 5.82 Å². The summed E-state index contributed by atoms with van der Waals surface area (Å²) in [5.74, 6) is 0.711. The molecule has 0 amide bonds. The topological polar surface area (TPSA) is 90.4 Å². The molecule has 7 heteroatoms. The van der Waals surface area contributed by atoms with E-state index in [1.54, 1.807) is 38.2 Å².